The summed E-state index contributed by atoms with van der Waals surface area (Å²) in [5.74, 6) is 1.75. The highest BCUT2D eigenvalue weighted by Crippen LogP contribution is 2.20. The molecule has 1 aromatic carbocycles. The number of nitrogens with zero attached hydrogens (tertiary/aromatic N) is 4. The van der Waals surface area contributed by atoms with E-state index in [4.69, 9.17) is 0 Å². The number of likely N-dealkylation sites (N-methyl/N-ethyl adjacent to an activating group) is 1. The molecule has 0 N–H and O–H groups in total. The zero-order valence-corrected chi connectivity index (χ0v) is 12.9. The Kier molecular flexibility index (Phi) is 4.51. The zero-order chi connectivity index (χ0) is 15.4. The Morgan fingerprint density at radius 2 is 1.86 bits per heavy atom. The monoisotopic (exact) mass is 300 g/mol. The van der Waals surface area contributed by atoms with E-state index in [0.717, 1.165) is 43.3 Å². The van der Waals surface area contributed by atoms with Crippen LogP contribution in [0.25, 0.3) is 0 Å². The Hall–Kier alpha value is -2.17. The van der Waals surface area contributed by atoms with Crippen molar-refractivity contribution in [2.45, 2.75) is 19.3 Å². The van der Waals surface area contributed by atoms with E-state index < -0.39 is 0 Å². The predicted octanol–water partition coefficient (Wildman–Crippen LogP) is 2.89. The number of rotatable bonds is 5. The first-order valence-corrected chi connectivity index (χ1v) is 7.75. The fraction of sp³-hybridized carbons (Fsp3) is 0.412. The number of hydrogen-bond donors (Lipinski definition) is 0. The molecule has 5 heteroatoms. The Morgan fingerprint density at radius 1 is 1.14 bits per heavy atom. The van der Waals surface area contributed by atoms with Crippen LogP contribution in [0.5, 0.6) is 0 Å². The summed E-state index contributed by atoms with van der Waals surface area (Å²) >= 11 is 0. The second-order valence-electron chi connectivity index (χ2n) is 5.73. The summed E-state index contributed by atoms with van der Waals surface area (Å²) in [4.78, 5) is 13.2. The highest BCUT2D eigenvalue weighted by atomic mass is 19.1. The summed E-state index contributed by atoms with van der Waals surface area (Å²) in [5.41, 5.74) is 1.13. The van der Waals surface area contributed by atoms with Gasteiger partial charge < -0.3 is 9.80 Å². The van der Waals surface area contributed by atoms with E-state index >= 15 is 0 Å². The molecule has 0 bridgehead atoms. The molecule has 1 aliphatic rings. The summed E-state index contributed by atoms with van der Waals surface area (Å²) in [7, 11) is 2.03. The van der Waals surface area contributed by atoms with Crippen molar-refractivity contribution >= 4 is 11.6 Å². The molecule has 0 aliphatic carbocycles. The molecule has 4 nitrogen and oxygen atoms in total. The predicted molar refractivity (Wildman–Crippen MR) is 86.9 cm³/mol. The molecule has 0 atom stereocenters. The molecular formula is C17H21FN4. The van der Waals surface area contributed by atoms with Crippen LogP contribution in [0.2, 0.25) is 0 Å². The molecule has 2 heterocycles. The molecule has 116 valence electrons. The van der Waals surface area contributed by atoms with Crippen LogP contribution in [0.3, 0.4) is 0 Å². The summed E-state index contributed by atoms with van der Waals surface area (Å²) in [6, 6.07) is 8.73. The molecule has 0 spiro atoms. The zero-order valence-electron chi connectivity index (χ0n) is 12.9. The topological polar surface area (TPSA) is 32.3 Å². The van der Waals surface area contributed by atoms with Gasteiger partial charge in [-0.3, -0.25) is 0 Å². The molecular weight excluding hydrogens is 279 g/mol. The molecule has 22 heavy (non-hydrogen) atoms. The smallest absolute Gasteiger partial charge is 0.134 e. The van der Waals surface area contributed by atoms with Crippen LogP contribution in [-0.2, 0) is 6.42 Å². The van der Waals surface area contributed by atoms with Gasteiger partial charge in [-0.1, -0.05) is 12.1 Å². The number of benzene rings is 1. The summed E-state index contributed by atoms with van der Waals surface area (Å²) in [6.45, 7) is 2.99. The fourth-order valence-electron chi connectivity index (χ4n) is 2.73. The van der Waals surface area contributed by atoms with Gasteiger partial charge >= 0.3 is 0 Å². The van der Waals surface area contributed by atoms with Crippen molar-refractivity contribution in [3.05, 3.63) is 48.0 Å². The van der Waals surface area contributed by atoms with E-state index in [1.807, 2.05) is 19.2 Å². The third-order valence-electron chi connectivity index (χ3n) is 4.11. The standard InChI is InChI=1S/C17H21FN4/c1-21(11-8-14-4-6-15(18)7-5-14)16-12-17(20-13-19-16)22-9-2-3-10-22/h4-7,12-13H,2-3,8-11H2,1H3. The normalized spacial score (nSPS) is 14.4. The Labute approximate surface area is 130 Å². The second-order valence-corrected chi connectivity index (χ2v) is 5.73. The van der Waals surface area contributed by atoms with E-state index in [1.54, 1.807) is 6.33 Å². The first-order chi connectivity index (χ1) is 10.7. The van der Waals surface area contributed by atoms with E-state index in [2.05, 4.69) is 25.8 Å². The number of hydrogen-bond acceptors (Lipinski definition) is 4. The molecule has 0 unspecified atom stereocenters. The van der Waals surface area contributed by atoms with E-state index in [-0.39, 0.29) is 5.82 Å². The van der Waals surface area contributed by atoms with Gasteiger partial charge in [0.25, 0.3) is 0 Å². The highest BCUT2D eigenvalue weighted by Gasteiger charge is 2.14. The van der Waals surface area contributed by atoms with Gasteiger partial charge in [-0.25, -0.2) is 14.4 Å². The van der Waals surface area contributed by atoms with Crippen LogP contribution in [-0.4, -0.2) is 36.6 Å². The highest BCUT2D eigenvalue weighted by molar-refractivity contribution is 5.50. The van der Waals surface area contributed by atoms with Gasteiger partial charge in [0.1, 0.15) is 23.8 Å². The number of aromatic nitrogens is 2. The van der Waals surface area contributed by atoms with E-state index in [1.165, 1.54) is 25.0 Å². The molecule has 0 amide bonds. The third kappa shape index (κ3) is 3.53. The quantitative estimate of drug-likeness (QED) is 0.850. The lowest BCUT2D eigenvalue weighted by molar-refractivity contribution is 0.627. The maximum atomic E-state index is 12.9. The minimum atomic E-state index is -0.192. The molecule has 1 aromatic heterocycles. The first-order valence-electron chi connectivity index (χ1n) is 7.75. The molecule has 3 rings (SSSR count). The van der Waals surface area contributed by atoms with Gasteiger partial charge in [0, 0.05) is 32.7 Å². The lowest BCUT2D eigenvalue weighted by atomic mass is 10.1. The van der Waals surface area contributed by atoms with Crippen LogP contribution in [0.1, 0.15) is 18.4 Å². The van der Waals surface area contributed by atoms with E-state index in [9.17, 15) is 4.39 Å². The molecule has 1 aliphatic heterocycles. The van der Waals surface area contributed by atoms with Crippen molar-refractivity contribution in [2.75, 3.05) is 36.5 Å². The van der Waals surface area contributed by atoms with Crippen molar-refractivity contribution < 1.29 is 4.39 Å². The van der Waals surface area contributed by atoms with Gasteiger partial charge in [0.05, 0.1) is 0 Å². The Morgan fingerprint density at radius 3 is 2.59 bits per heavy atom. The van der Waals surface area contributed by atoms with Crippen molar-refractivity contribution in [2.24, 2.45) is 0 Å². The Balaban J connectivity index is 1.62. The average molecular weight is 300 g/mol. The molecule has 0 saturated carbocycles. The number of anilines is 2. The van der Waals surface area contributed by atoms with Crippen LogP contribution in [0, 0.1) is 5.82 Å². The van der Waals surface area contributed by atoms with Crippen molar-refractivity contribution in [1.29, 1.82) is 0 Å². The molecule has 1 saturated heterocycles. The molecule has 2 aromatic rings. The van der Waals surface area contributed by atoms with Crippen LogP contribution in [0.4, 0.5) is 16.0 Å². The van der Waals surface area contributed by atoms with Gasteiger partial charge in [0.2, 0.25) is 0 Å². The number of halogens is 1. The Bertz CT molecular complexity index is 608. The van der Waals surface area contributed by atoms with Gasteiger partial charge in [-0.15, -0.1) is 0 Å². The maximum absolute atomic E-state index is 12.9. The van der Waals surface area contributed by atoms with Crippen LogP contribution >= 0.6 is 0 Å². The summed E-state index contributed by atoms with van der Waals surface area (Å²) in [6.07, 6.45) is 4.97. The second kappa shape index (κ2) is 6.73. The first kappa shape index (κ1) is 14.8. The van der Waals surface area contributed by atoms with Crippen molar-refractivity contribution in [3.63, 3.8) is 0 Å². The summed E-state index contributed by atoms with van der Waals surface area (Å²) in [5, 5.41) is 0. The largest absolute Gasteiger partial charge is 0.359 e. The van der Waals surface area contributed by atoms with Crippen LogP contribution in [0.15, 0.2) is 36.7 Å². The minimum absolute atomic E-state index is 0.192. The minimum Gasteiger partial charge on any atom is -0.359 e. The van der Waals surface area contributed by atoms with Crippen LogP contribution < -0.4 is 9.80 Å². The van der Waals surface area contributed by atoms with E-state index in [0.29, 0.717) is 0 Å². The van der Waals surface area contributed by atoms with Gasteiger partial charge in [-0.05, 0) is 37.0 Å². The van der Waals surface area contributed by atoms with Crippen molar-refractivity contribution in [3.8, 4) is 0 Å². The third-order valence-corrected chi connectivity index (χ3v) is 4.11. The fourth-order valence-corrected chi connectivity index (χ4v) is 2.73. The molecule has 1 fully saturated rings. The maximum Gasteiger partial charge on any atom is 0.134 e. The average Bonchev–Trinajstić information content (AvgIpc) is 3.09. The lowest BCUT2D eigenvalue weighted by Gasteiger charge is -2.21. The molecule has 0 radical (unpaired) electrons. The van der Waals surface area contributed by atoms with Crippen molar-refractivity contribution in [1.82, 2.24) is 9.97 Å². The SMILES string of the molecule is CN(CCc1ccc(F)cc1)c1cc(N2CCCC2)ncn1. The lowest BCUT2D eigenvalue weighted by Crippen LogP contribution is -2.23. The van der Waals surface area contributed by atoms with Gasteiger partial charge in [-0.2, -0.15) is 0 Å². The summed E-state index contributed by atoms with van der Waals surface area (Å²) < 4.78 is 12.9. The van der Waals surface area contributed by atoms with Gasteiger partial charge in [0.15, 0.2) is 0 Å².